The monoisotopic (exact) mass is 394 g/mol. The summed E-state index contributed by atoms with van der Waals surface area (Å²) >= 11 is 0. The number of anilines is 1. The number of aliphatic hydroxyl groups excluding tert-OH is 1. The molecule has 1 unspecified atom stereocenters. The Morgan fingerprint density at radius 3 is 2.72 bits per heavy atom. The van der Waals surface area contributed by atoms with Crippen molar-refractivity contribution in [3.8, 4) is 11.1 Å². The molecule has 0 saturated heterocycles. The highest BCUT2D eigenvalue weighted by Gasteiger charge is 2.43. The quantitative estimate of drug-likeness (QED) is 0.656. The van der Waals surface area contributed by atoms with E-state index >= 15 is 0 Å². The van der Waals surface area contributed by atoms with Crippen LogP contribution in [-0.2, 0) is 4.79 Å². The number of carbonyl (C=O) groups is 1. The molecule has 2 N–H and O–H groups in total. The van der Waals surface area contributed by atoms with Gasteiger partial charge in [0, 0.05) is 41.2 Å². The number of carbonyl (C=O) groups excluding carboxylic acids is 1. The normalized spacial score (nSPS) is 19.2. The average Bonchev–Trinajstić information content (AvgIpc) is 3.44. The van der Waals surface area contributed by atoms with Gasteiger partial charge in [0.15, 0.2) is 0 Å². The first-order valence-corrected chi connectivity index (χ1v) is 9.82. The van der Waals surface area contributed by atoms with Crippen LogP contribution in [-0.4, -0.2) is 32.1 Å². The number of aliphatic hydroxyl groups is 1. The number of nitrogens with one attached hydrogen (secondary N) is 1. The maximum atomic E-state index is 13.0. The highest BCUT2D eigenvalue weighted by atomic mass is 19.1. The maximum Gasteiger partial charge on any atom is 0.231 e. The molecule has 29 heavy (non-hydrogen) atoms. The van der Waals surface area contributed by atoms with Crippen LogP contribution in [0.4, 0.5) is 10.2 Å². The van der Waals surface area contributed by atoms with E-state index in [1.807, 2.05) is 26.0 Å². The highest BCUT2D eigenvalue weighted by molar-refractivity contribution is 5.95. The lowest BCUT2D eigenvalue weighted by Gasteiger charge is -2.12. The Morgan fingerprint density at radius 1 is 1.24 bits per heavy atom. The van der Waals surface area contributed by atoms with E-state index in [1.165, 1.54) is 0 Å². The van der Waals surface area contributed by atoms with Gasteiger partial charge < -0.3 is 10.4 Å². The predicted molar refractivity (Wildman–Crippen MR) is 109 cm³/mol. The number of nitrogens with zero attached hydrogens (tertiary/aromatic N) is 3. The van der Waals surface area contributed by atoms with Crippen molar-refractivity contribution in [3.63, 3.8) is 0 Å². The van der Waals surface area contributed by atoms with Crippen molar-refractivity contribution < 1.29 is 14.3 Å². The Bertz CT molecular complexity index is 1070. The summed E-state index contributed by atoms with van der Waals surface area (Å²) in [5, 5.41) is 13.6. The molecular weight excluding hydrogens is 371 g/mol. The number of amides is 1. The average molecular weight is 394 g/mol. The minimum absolute atomic E-state index is 0.280. The second kappa shape index (κ2) is 7.83. The van der Waals surface area contributed by atoms with Gasteiger partial charge >= 0.3 is 0 Å². The number of rotatable bonds is 6. The van der Waals surface area contributed by atoms with Gasteiger partial charge in [-0.1, -0.05) is 13.3 Å². The van der Waals surface area contributed by atoms with Gasteiger partial charge in [-0.15, -0.1) is 0 Å². The number of hydrogen-bond acceptors (Lipinski definition) is 5. The molecule has 3 aromatic rings. The fourth-order valence-electron chi connectivity index (χ4n) is 3.38. The minimum Gasteiger partial charge on any atom is -0.387 e. The third-order valence-corrected chi connectivity index (χ3v) is 5.21. The standard InChI is InChI=1S/C22H23FN4O2/c1-3-4-20(28)19-5-12(2)16(11-25-19)13-6-14-10-26-21(8-18(14)24-9-13)27-22(29)15-7-17(15)23/h5-6,8-11,15,17,20,28H,3-4,7H2,1-2H3,(H,26,27,29)/t15-,17+,20?/m0/s1. The Balaban J connectivity index is 1.57. The highest BCUT2D eigenvalue weighted by Crippen LogP contribution is 2.34. The fraction of sp³-hybridized carbons (Fsp3) is 0.364. The van der Waals surface area contributed by atoms with E-state index in [1.54, 1.807) is 24.7 Å². The summed E-state index contributed by atoms with van der Waals surface area (Å²) in [6, 6.07) is 5.56. The first kappa shape index (κ1) is 19.4. The summed E-state index contributed by atoms with van der Waals surface area (Å²) < 4.78 is 13.0. The van der Waals surface area contributed by atoms with Gasteiger partial charge in [-0.25, -0.2) is 9.37 Å². The lowest BCUT2D eigenvalue weighted by atomic mass is 10.0. The molecule has 0 aliphatic heterocycles. The van der Waals surface area contributed by atoms with Crippen molar-refractivity contribution in [3.05, 3.63) is 48.0 Å². The summed E-state index contributed by atoms with van der Waals surface area (Å²) in [5.41, 5.74) is 4.21. The zero-order valence-electron chi connectivity index (χ0n) is 16.4. The molecule has 1 aliphatic carbocycles. The number of hydrogen-bond donors (Lipinski definition) is 2. The van der Waals surface area contributed by atoms with Crippen LogP contribution in [0.2, 0.25) is 0 Å². The molecule has 1 amide bonds. The molecule has 3 atom stereocenters. The Hall–Kier alpha value is -2.93. The smallest absolute Gasteiger partial charge is 0.231 e. The van der Waals surface area contributed by atoms with Crippen molar-refractivity contribution in [1.82, 2.24) is 15.0 Å². The van der Waals surface area contributed by atoms with E-state index in [0.29, 0.717) is 23.4 Å². The van der Waals surface area contributed by atoms with Crippen LogP contribution in [0.3, 0.4) is 0 Å². The lowest BCUT2D eigenvalue weighted by Crippen LogP contribution is -2.15. The van der Waals surface area contributed by atoms with E-state index in [2.05, 4.69) is 20.3 Å². The van der Waals surface area contributed by atoms with Gasteiger partial charge in [-0.3, -0.25) is 14.8 Å². The summed E-state index contributed by atoms with van der Waals surface area (Å²) in [7, 11) is 0. The first-order chi connectivity index (χ1) is 14.0. The third kappa shape index (κ3) is 4.10. The third-order valence-electron chi connectivity index (χ3n) is 5.21. The van der Waals surface area contributed by atoms with Crippen LogP contribution < -0.4 is 5.32 Å². The van der Waals surface area contributed by atoms with Gasteiger partial charge in [0.25, 0.3) is 0 Å². The van der Waals surface area contributed by atoms with Gasteiger partial charge in [0.2, 0.25) is 5.91 Å². The van der Waals surface area contributed by atoms with Crippen LogP contribution in [0.5, 0.6) is 0 Å². The van der Waals surface area contributed by atoms with Crippen LogP contribution in [0.1, 0.15) is 43.5 Å². The number of aromatic nitrogens is 3. The zero-order chi connectivity index (χ0) is 20.5. The molecule has 6 nitrogen and oxygen atoms in total. The predicted octanol–water partition coefficient (Wildman–Crippen LogP) is 4.13. The lowest BCUT2D eigenvalue weighted by molar-refractivity contribution is -0.117. The maximum absolute atomic E-state index is 13.0. The number of halogens is 1. The Kier molecular flexibility index (Phi) is 5.24. The van der Waals surface area contributed by atoms with Crippen molar-refractivity contribution in [2.75, 3.05) is 5.32 Å². The number of pyridine rings is 3. The van der Waals surface area contributed by atoms with Crippen molar-refractivity contribution in [2.45, 2.75) is 45.4 Å². The van der Waals surface area contributed by atoms with Crippen LogP contribution in [0, 0.1) is 12.8 Å². The molecular formula is C22H23FN4O2. The molecule has 1 saturated carbocycles. The van der Waals surface area contributed by atoms with Crippen molar-refractivity contribution in [1.29, 1.82) is 0 Å². The van der Waals surface area contributed by atoms with Crippen LogP contribution in [0.25, 0.3) is 22.0 Å². The van der Waals surface area contributed by atoms with E-state index in [4.69, 9.17) is 0 Å². The zero-order valence-corrected chi connectivity index (χ0v) is 16.4. The van der Waals surface area contributed by atoms with E-state index in [0.717, 1.165) is 28.5 Å². The second-order valence-corrected chi connectivity index (χ2v) is 7.56. The molecule has 3 heterocycles. The largest absolute Gasteiger partial charge is 0.387 e. The van der Waals surface area contributed by atoms with Crippen LogP contribution in [0.15, 0.2) is 36.8 Å². The molecule has 0 radical (unpaired) electrons. The van der Waals surface area contributed by atoms with E-state index in [9.17, 15) is 14.3 Å². The van der Waals surface area contributed by atoms with Gasteiger partial charge in [0.05, 0.1) is 23.2 Å². The second-order valence-electron chi connectivity index (χ2n) is 7.56. The van der Waals surface area contributed by atoms with Gasteiger partial charge in [0.1, 0.15) is 12.0 Å². The molecule has 1 fully saturated rings. The van der Waals surface area contributed by atoms with Gasteiger partial charge in [-0.2, -0.15) is 0 Å². The first-order valence-electron chi connectivity index (χ1n) is 9.82. The van der Waals surface area contributed by atoms with Crippen molar-refractivity contribution in [2.24, 2.45) is 5.92 Å². The number of aryl methyl sites for hydroxylation is 1. The minimum atomic E-state index is -1.04. The molecule has 0 aromatic carbocycles. The Labute approximate surface area is 168 Å². The molecule has 4 rings (SSSR count). The van der Waals surface area contributed by atoms with E-state index in [-0.39, 0.29) is 12.3 Å². The summed E-state index contributed by atoms with van der Waals surface area (Å²) in [6.07, 6.45) is 5.41. The van der Waals surface area contributed by atoms with Crippen LogP contribution >= 0.6 is 0 Å². The SMILES string of the molecule is CCCC(O)c1cc(C)c(-c2cnc3cc(NC(=O)[C@H]4C[C@H]4F)ncc3c2)cn1. The summed E-state index contributed by atoms with van der Waals surface area (Å²) in [6.45, 7) is 4.01. The van der Waals surface area contributed by atoms with E-state index < -0.39 is 18.2 Å². The molecule has 1 aliphatic rings. The molecule has 150 valence electrons. The molecule has 0 bridgehead atoms. The molecule has 3 aromatic heterocycles. The summed E-state index contributed by atoms with van der Waals surface area (Å²) in [5.74, 6) is -0.529. The van der Waals surface area contributed by atoms with Gasteiger partial charge in [-0.05, 0) is 37.5 Å². The molecule has 0 spiro atoms. The summed E-state index contributed by atoms with van der Waals surface area (Å²) in [4.78, 5) is 25.0. The Morgan fingerprint density at radius 2 is 2.03 bits per heavy atom. The number of fused-ring (bicyclic) bond motifs is 1. The fourth-order valence-corrected chi connectivity index (χ4v) is 3.38. The number of alkyl halides is 1. The molecule has 7 heteroatoms. The van der Waals surface area contributed by atoms with Crippen molar-refractivity contribution >= 4 is 22.6 Å². The topological polar surface area (TPSA) is 88.0 Å².